The second-order valence-electron chi connectivity index (χ2n) is 3.66. The average molecular weight is 215 g/mol. The molecule has 0 aliphatic carbocycles. The van der Waals surface area contributed by atoms with Crippen molar-refractivity contribution in [1.29, 1.82) is 0 Å². The van der Waals surface area contributed by atoms with E-state index >= 15 is 0 Å². The summed E-state index contributed by atoms with van der Waals surface area (Å²) < 4.78 is 5.18. The zero-order valence-electron chi connectivity index (χ0n) is 9.84. The van der Waals surface area contributed by atoms with E-state index in [1.807, 2.05) is 0 Å². The fourth-order valence-corrected chi connectivity index (χ4v) is 1.30. The predicted molar refractivity (Wildman–Crippen MR) is 58.8 cm³/mol. The van der Waals surface area contributed by atoms with E-state index < -0.39 is 6.09 Å². The summed E-state index contributed by atoms with van der Waals surface area (Å²) in [6.45, 7) is 5.58. The first kappa shape index (κ1) is 13.9. The largest absolute Gasteiger partial charge is 0.446 e. The molecule has 0 fully saturated rings. The monoisotopic (exact) mass is 215 g/mol. The summed E-state index contributed by atoms with van der Waals surface area (Å²) in [5.74, 6) is -0.0746. The van der Waals surface area contributed by atoms with E-state index in [1.54, 1.807) is 0 Å². The minimum absolute atomic E-state index is 0.0213. The van der Waals surface area contributed by atoms with E-state index in [1.165, 1.54) is 6.92 Å². The first-order valence-electron chi connectivity index (χ1n) is 5.54. The van der Waals surface area contributed by atoms with Crippen LogP contribution in [0.15, 0.2) is 0 Å². The summed E-state index contributed by atoms with van der Waals surface area (Å²) >= 11 is 0. The highest BCUT2D eigenvalue weighted by Gasteiger charge is 2.12. The summed E-state index contributed by atoms with van der Waals surface area (Å²) in [4.78, 5) is 21.8. The van der Waals surface area contributed by atoms with Crippen LogP contribution in [0.3, 0.4) is 0 Å². The van der Waals surface area contributed by atoms with Gasteiger partial charge in [-0.05, 0) is 19.8 Å². The van der Waals surface area contributed by atoms with Gasteiger partial charge in [0.2, 0.25) is 0 Å². The van der Waals surface area contributed by atoms with E-state index in [0.29, 0.717) is 0 Å². The van der Waals surface area contributed by atoms with Gasteiger partial charge in [-0.15, -0.1) is 0 Å². The van der Waals surface area contributed by atoms with Crippen LogP contribution in [-0.2, 0) is 9.53 Å². The van der Waals surface area contributed by atoms with Gasteiger partial charge in [0.1, 0.15) is 11.9 Å². The summed E-state index contributed by atoms with van der Waals surface area (Å²) in [6, 6.07) is 0. The number of ketones is 1. The minimum atomic E-state index is -0.489. The van der Waals surface area contributed by atoms with Crippen LogP contribution in [0.1, 0.15) is 46.5 Å². The molecule has 4 heteroatoms. The van der Waals surface area contributed by atoms with E-state index in [0.717, 1.165) is 25.7 Å². The van der Waals surface area contributed by atoms with Crippen LogP contribution in [0.25, 0.3) is 0 Å². The highest BCUT2D eigenvalue weighted by molar-refractivity contribution is 5.81. The van der Waals surface area contributed by atoms with E-state index in [2.05, 4.69) is 19.2 Å². The lowest BCUT2D eigenvalue weighted by Gasteiger charge is -2.16. The molecule has 0 rings (SSSR count). The maximum absolute atomic E-state index is 11.2. The number of hydrogen-bond donors (Lipinski definition) is 1. The third kappa shape index (κ3) is 7.97. The molecule has 0 aliphatic heterocycles. The Morgan fingerprint density at radius 1 is 1.20 bits per heavy atom. The Bertz CT molecular complexity index is 198. The Morgan fingerprint density at radius 3 is 2.13 bits per heavy atom. The summed E-state index contributed by atoms with van der Waals surface area (Å²) in [7, 11) is 0. The number of rotatable bonds is 7. The van der Waals surface area contributed by atoms with Gasteiger partial charge >= 0.3 is 6.09 Å². The van der Waals surface area contributed by atoms with Crippen LogP contribution in [-0.4, -0.2) is 24.5 Å². The number of nitrogens with one attached hydrogen (secondary N) is 1. The summed E-state index contributed by atoms with van der Waals surface area (Å²) in [6.07, 6.45) is 3.22. The minimum Gasteiger partial charge on any atom is -0.446 e. The first-order chi connectivity index (χ1) is 7.10. The van der Waals surface area contributed by atoms with Crippen molar-refractivity contribution in [2.75, 3.05) is 6.54 Å². The van der Waals surface area contributed by atoms with Crippen LogP contribution in [0, 0.1) is 0 Å². The fraction of sp³-hybridized carbons (Fsp3) is 0.818. The van der Waals surface area contributed by atoms with E-state index in [-0.39, 0.29) is 18.4 Å². The van der Waals surface area contributed by atoms with E-state index in [9.17, 15) is 9.59 Å². The highest BCUT2D eigenvalue weighted by Crippen LogP contribution is 2.09. The molecular weight excluding hydrogens is 194 g/mol. The molecule has 1 N–H and O–H groups in total. The standard InChI is InChI=1S/C11H21NO3/c1-4-6-10(7-5-2)15-11(14)12-8-9(3)13/h10H,4-8H2,1-3H3,(H,12,14). The lowest BCUT2D eigenvalue weighted by Crippen LogP contribution is -2.32. The molecule has 0 spiro atoms. The normalized spacial score (nSPS) is 10.1. The lowest BCUT2D eigenvalue weighted by molar-refractivity contribution is -0.116. The molecule has 0 aromatic carbocycles. The molecule has 0 saturated heterocycles. The molecule has 0 unspecified atom stereocenters. The van der Waals surface area contributed by atoms with Gasteiger partial charge in [0.15, 0.2) is 0 Å². The number of ether oxygens (including phenoxy) is 1. The summed E-state index contributed by atoms with van der Waals surface area (Å²) in [5.41, 5.74) is 0. The first-order valence-corrected chi connectivity index (χ1v) is 5.54. The zero-order valence-corrected chi connectivity index (χ0v) is 9.84. The van der Waals surface area contributed by atoms with E-state index in [4.69, 9.17) is 4.74 Å². The number of carbonyl (C=O) groups excluding carboxylic acids is 2. The molecule has 88 valence electrons. The smallest absolute Gasteiger partial charge is 0.407 e. The number of amides is 1. The molecule has 0 aromatic rings. The van der Waals surface area contributed by atoms with Crippen molar-refractivity contribution in [2.24, 2.45) is 0 Å². The second kappa shape index (κ2) is 8.26. The van der Waals surface area contributed by atoms with Crippen molar-refractivity contribution in [1.82, 2.24) is 5.32 Å². The Morgan fingerprint density at radius 2 is 1.73 bits per heavy atom. The molecule has 15 heavy (non-hydrogen) atoms. The second-order valence-corrected chi connectivity index (χ2v) is 3.66. The molecule has 0 aliphatic rings. The molecule has 0 atom stereocenters. The van der Waals surface area contributed by atoms with Crippen LogP contribution in [0.4, 0.5) is 4.79 Å². The molecule has 4 nitrogen and oxygen atoms in total. The third-order valence-electron chi connectivity index (χ3n) is 1.98. The van der Waals surface area contributed by atoms with Crippen molar-refractivity contribution in [3.8, 4) is 0 Å². The van der Waals surface area contributed by atoms with Crippen molar-refractivity contribution >= 4 is 11.9 Å². The Kier molecular flexibility index (Phi) is 7.68. The molecule has 0 radical (unpaired) electrons. The highest BCUT2D eigenvalue weighted by atomic mass is 16.6. The van der Waals surface area contributed by atoms with Gasteiger partial charge < -0.3 is 10.1 Å². The SMILES string of the molecule is CCCC(CCC)OC(=O)NCC(C)=O. The zero-order chi connectivity index (χ0) is 11.7. The number of hydrogen-bond acceptors (Lipinski definition) is 3. The van der Waals surface area contributed by atoms with Gasteiger partial charge in [0.25, 0.3) is 0 Å². The Balaban J connectivity index is 3.82. The van der Waals surface area contributed by atoms with Gasteiger partial charge in [-0.1, -0.05) is 26.7 Å². The van der Waals surface area contributed by atoms with Crippen LogP contribution in [0.2, 0.25) is 0 Å². The van der Waals surface area contributed by atoms with Crippen molar-refractivity contribution < 1.29 is 14.3 Å². The van der Waals surface area contributed by atoms with Crippen LogP contribution in [0.5, 0.6) is 0 Å². The summed E-state index contributed by atoms with van der Waals surface area (Å²) in [5, 5.41) is 2.42. The molecule has 0 bridgehead atoms. The van der Waals surface area contributed by atoms with Crippen molar-refractivity contribution in [3.05, 3.63) is 0 Å². The number of alkyl carbamates (subject to hydrolysis) is 1. The topological polar surface area (TPSA) is 55.4 Å². The molecule has 1 amide bonds. The number of carbonyl (C=O) groups is 2. The van der Waals surface area contributed by atoms with Gasteiger partial charge in [-0.3, -0.25) is 4.79 Å². The quantitative estimate of drug-likeness (QED) is 0.708. The fourth-order valence-electron chi connectivity index (χ4n) is 1.30. The predicted octanol–water partition coefficient (Wildman–Crippen LogP) is 2.27. The van der Waals surface area contributed by atoms with Gasteiger partial charge in [0.05, 0.1) is 6.54 Å². The van der Waals surface area contributed by atoms with Crippen molar-refractivity contribution in [3.63, 3.8) is 0 Å². The number of Topliss-reactive ketones (excluding diaryl/α,β-unsaturated/α-hetero) is 1. The average Bonchev–Trinajstić information content (AvgIpc) is 2.15. The lowest BCUT2D eigenvalue weighted by atomic mass is 10.1. The van der Waals surface area contributed by atoms with Crippen molar-refractivity contribution in [2.45, 2.75) is 52.6 Å². The molecular formula is C11H21NO3. The maximum Gasteiger partial charge on any atom is 0.407 e. The van der Waals surface area contributed by atoms with Gasteiger partial charge in [-0.25, -0.2) is 4.79 Å². The Labute approximate surface area is 91.4 Å². The third-order valence-corrected chi connectivity index (χ3v) is 1.98. The molecule has 0 heterocycles. The molecule has 0 aromatic heterocycles. The van der Waals surface area contributed by atoms with Gasteiger partial charge in [0, 0.05) is 0 Å². The van der Waals surface area contributed by atoms with Gasteiger partial charge in [-0.2, -0.15) is 0 Å². The van der Waals surface area contributed by atoms with Crippen LogP contribution >= 0.6 is 0 Å². The Hall–Kier alpha value is -1.06. The van der Waals surface area contributed by atoms with Crippen LogP contribution < -0.4 is 5.32 Å². The molecule has 0 saturated carbocycles. The maximum atomic E-state index is 11.2.